The summed E-state index contributed by atoms with van der Waals surface area (Å²) in [4.78, 5) is 4.28. The first-order chi connectivity index (χ1) is 7.33. The van der Waals surface area contributed by atoms with Gasteiger partial charge in [-0.3, -0.25) is 0 Å². The van der Waals surface area contributed by atoms with Crippen LogP contribution < -0.4 is 0 Å². The molecule has 2 aromatic heterocycles. The van der Waals surface area contributed by atoms with Crippen LogP contribution in [0.1, 0.15) is 0 Å². The van der Waals surface area contributed by atoms with Gasteiger partial charge in [-0.05, 0) is 23.7 Å². The lowest BCUT2D eigenvalue weighted by Crippen LogP contribution is -1.72. The Hall–Kier alpha value is -0.950. The monoisotopic (exact) mass is 328 g/mol. The topological polar surface area (TPSA) is 38.9 Å². The first kappa shape index (κ1) is 9.29. The molecule has 5 heteroatoms. The van der Waals surface area contributed by atoms with Gasteiger partial charge in [-0.15, -0.1) is 0 Å². The number of nitrogens with zero attached hydrogens (tertiary/aromatic N) is 2. The van der Waals surface area contributed by atoms with Gasteiger partial charge in [0.2, 0.25) is 3.83 Å². The molecule has 3 aromatic rings. The van der Waals surface area contributed by atoms with E-state index in [0.29, 0.717) is 0 Å². The van der Waals surface area contributed by atoms with E-state index in [1.807, 2.05) is 30.3 Å². The van der Waals surface area contributed by atoms with E-state index in [9.17, 15) is 0 Å². The number of hydrogen-bond acceptors (Lipinski definition) is 4. The highest BCUT2D eigenvalue weighted by Crippen LogP contribution is 2.28. The molecule has 3 nitrogen and oxygen atoms in total. The number of benzene rings is 1. The Bertz CT molecular complexity index is 583. The van der Waals surface area contributed by atoms with Crippen molar-refractivity contribution in [1.29, 1.82) is 0 Å². The molecule has 0 unspecified atom stereocenters. The highest BCUT2D eigenvalue weighted by Gasteiger charge is 2.09. The van der Waals surface area contributed by atoms with E-state index in [2.05, 4.69) is 31.9 Å². The van der Waals surface area contributed by atoms with Gasteiger partial charge in [-0.1, -0.05) is 18.2 Å². The van der Waals surface area contributed by atoms with E-state index in [1.165, 1.54) is 11.5 Å². The smallest absolute Gasteiger partial charge is 0.203 e. The van der Waals surface area contributed by atoms with Crippen molar-refractivity contribution in [3.63, 3.8) is 0 Å². The van der Waals surface area contributed by atoms with Crippen LogP contribution in [-0.2, 0) is 0 Å². The number of para-hydroxylation sites is 1. The first-order valence-corrected chi connectivity index (χ1v) is 6.16. The maximum Gasteiger partial charge on any atom is 0.203 e. The van der Waals surface area contributed by atoms with Crippen LogP contribution in [0.5, 0.6) is 0 Å². The molecule has 1 aromatic carbocycles. The molecule has 3 rings (SSSR count). The van der Waals surface area contributed by atoms with Crippen LogP contribution in [0.15, 0.2) is 34.7 Å². The predicted octanol–water partition coefficient (Wildman–Crippen LogP) is 3.56. The third kappa shape index (κ3) is 1.65. The summed E-state index contributed by atoms with van der Waals surface area (Å²) in [6.07, 6.45) is 0. The highest BCUT2D eigenvalue weighted by molar-refractivity contribution is 14.1. The van der Waals surface area contributed by atoms with Crippen molar-refractivity contribution in [2.24, 2.45) is 0 Å². The summed E-state index contributed by atoms with van der Waals surface area (Å²) in [7, 11) is 0. The van der Waals surface area contributed by atoms with E-state index < -0.39 is 0 Å². The summed E-state index contributed by atoms with van der Waals surface area (Å²) in [5.41, 5.74) is 0.887. The van der Waals surface area contributed by atoms with Gasteiger partial charge in [-0.25, -0.2) is 4.98 Å². The second-order valence-corrected chi connectivity index (χ2v) is 4.73. The van der Waals surface area contributed by atoms with Crippen LogP contribution in [0.3, 0.4) is 0 Å². The number of halogens is 1. The Morgan fingerprint density at radius 3 is 2.87 bits per heavy atom. The third-order valence-electron chi connectivity index (χ3n) is 2.04. The van der Waals surface area contributed by atoms with E-state index in [-0.39, 0.29) is 0 Å². The quantitative estimate of drug-likeness (QED) is 0.641. The van der Waals surface area contributed by atoms with E-state index in [0.717, 1.165) is 25.6 Å². The molecule has 0 N–H and O–H groups in total. The summed E-state index contributed by atoms with van der Waals surface area (Å²) in [5.74, 6) is 0.789. The van der Waals surface area contributed by atoms with Crippen LogP contribution in [0, 0.1) is 3.83 Å². The molecule has 0 amide bonds. The van der Waals surface area contributed by atoms with Crippen molar-refractivity contribution in [2.75, 3.05) is 0 Å². The second kappa shape index (κ2) is 3.57. The minimum Gasteiger partial charge on any atom is -0.453 e. The maximum absolute atomic E-state index is 5.67. The SMILES string of the molecule is Ic1nsc(-c2cc3ccccc3o2)n1. The normalized spacial score (nSPS) is 11.0. The molecule has 0 fully saturated rings. The van der Waals surface area contributed by atoms with E-state index in [4.69, 9.17) is 4.42 Å². The number of fused-ring (bicyclic) bond motifs is 1. The average molecular weight is 328 g/mol. The van der Waals surface area contributed by atoms with Gasteiger partial charge in [-0.2, -0.15) is 4.37 Å². The van der Waals surface area contributed by atoms with Gasteiger partial charge in [0.25, 0.3) is 0 Å². The number of aromatic nitrogens is 2. The van der Waals surface area contributed by atoms with Gasteiger partial charge < -0.3 is 4.42 Å². The fourth-order valence-corrected chi connectivity index (χ4v) is 2.61. The lowest BCUT2D eigenvalue weighted by Gasteiger charge is -1.84. The van der Waals surface area contributed by atoms with Gasteiger partial charge >= 0.3 is 0 Å². The zero-order chi connectivity index (χ0) is 10.3. The standard InChI is InChI=1S/C10H5IN2OS/c11-10-12-9(15-13-10)8-5-6-3-1-2-4-7(6)14-8/h1-5H. The first-order valence-electron chi connectivity index (χ1n) is 4.31. The van der Waals surface area contributed by atoms with E-state index >= 15 is 0 Å². The number of rotatable bonds is 1. The van der Waals surface area contributed by atoms with Crippen molar-refractivity contribution < 1.29 is 4.42 Å². The summed E-state index contributed by atoms with van der Waals surface area (Å²) >= 11 is 3.45. The molecule has 15 heavy (non-hydrogen) atoms. The Balaban J connectivity index is 2.19. The maximum atomic E-state index is 5.67. The van der Waals surface area contributed by atoms with Gasteiger partial charge in [0.05, 0.1) is 0 Å². The Kier molecular flexibility index (Phi) is 2.21. The molecule has 0 spiro atoms. The molecule has 0 saturated heterocycles. The van der Waals surface area contributed by atoms with Crippen molar-refractivity contribution in [3.05, 3.63) is 34.2 Å². The average Bonchev–Trinajstić information content (AvgIpc) is 2.82. The second-order valence-electron chi connectivity index (χ2n) is 3.02. The lowest BCUT2D eigenvalue weighted by atomic mass is 10.2. The molecule has 0 radical (unpaired) electrons. The Morgan fingerprint density at radius 2 is 2.13 bits per heavy atom. The zero-order valence-electron chi connectivity index (χ0n) is 7.48. The van der Waals surface area contributed by atoms with Gasteiger partial charge in [0.1, 0.15) is 5.58 Å². The van der Waals surface area contributed by atoms with Crippen LogP contribution in [0.25, 0.3) is 21.7 Å². The van der Waals surface area contributed by atoms with Gasteiger partial charge in [0.15, 0.2) is 10.8 Å². The van der Waals surface area contributed by atoms with Crippen molar-refractivity contribution in [2.45, 2.75) is 0 Å². The van der Waals surface area contributed by atoms with E-state index in [1.54, 1.807) is 0 Å². The molecule has 0 aliphatic carbocycles. The predicted molar refractivity (Wildman–Crippen MR) is 67.8 cm³/mol. The van der Waals surface area contributed by atoms with Crippen LogP contribution in [-0.4, -0.2) is 9.36 Å². The molecule has 0 aliphatic rings. The van der Waals surface area contributed by atoms with Crippen LogP contribution in [0.2, 0.25) is 0 Å². The Labute approximate surface area is 103 Å². The van der Waals surface area contributed by atoms with Crippen molar-refractivity contribution >= 4 is 45.1 Å². The molecule has 0 bridgehead atoms. The minimum atomic E-state index is 0.757. The molecule has 74 valence electrons. The minimum absolute atomic E-state index is 0.757. The molecular formula is C10H5IN2OS. The summed E-state index contributed by atoms with van der Waals surface area (Å²) in [6.45, 7) is 0. The van der Waals surface area contributed by atoms with Gasteiger partial charge in [0, 0.05) is 28.0 Å². The van der Waals surface area contributed by atoms with Crippen molar-refractivity contribution in [1.82, 2.24) is 9.36 Å². The molecule has 0 aliphatic heterocycles. The fraction of sp³-hybridized carbons (Fsp3) is 0. The molecular weight excluding hydrogens is 323 g/mol. The molecule has 2 heterocycles. The molecule has 0 atom stereocenters. The van der Waals surface area contributed by atoms with Crippen LogP contribution >= 0.6 is 34.1 Å². The third-order valence-corrected chi connectivity index (χ3v) is 3.58. The largest absolute Gasteiger partial charge is 0.453 e. The highest BCUT2D eigenvalue weighted by atomic mass is 127. The zero-order valence-corrected chi connectivity index (χ0v) is 10.4. The number of furan rings is 1. The number of hydrogen-bond donors (Lipinski definition) is 0. The fourth-order valence-electron chi connectivity index (χ4n) is 1.39. The summed E-state index contributed by atoms with van der Waals surface area (Å²) in [6, 6.07) is 9.91. The van der Waals surface area contributed by atoms with Crippen molar-refractivity contribution in [3.8, 4) is 10.8 Å². The summed E-state index contributed by atoms with van der Waals surface area (Å²) < 4.78 is 10.5. The lowest BCUT2D eigenvalue weighted by molar-refractivity contribution is 0.631. The van der Waals surface area contributed by atoms with Crippen LogP contribution in [0.4, 0.5) is 0 Å². The summed E-state index contributed by atoms with van der Waals surface area (Å²) in [5, 5.41) is 1.92. The molecule has 0 saturated carbocycles. The Morgan fingerprint density at radius 1 is 1.27 bits per heavy atom.